The van der Waals surface area contributed by atoms with Crippen LogP contribution in [0.3, 0.4) is 0 Å². The van der Waals surface area contributed by atoms with Crippen LogP contribution in [0, 0.1) is 18.8 Å². The Labute approximate surface area is 117 Å². The van der Waals surface area contributed by atoms with Crippen LogP contribution in [-0.4, -0.2) is 33.5 Å². The molecule has 20 heavy (non-hydrogen) atoms. The molecule has 0 aromatic heterocycles. The number of nitrogens with two attached hydrogens (primary N) is 1. The van der Waals surface area contributed by atoms with Crippen molar-refractivity contribution >= 4 is 15.9 Å². The van der Waals surface area contributed by atoms with Gasteiger partial charge in [-0.25, -0.2) is 13.1 Å². The smallest absolute Gasteiger partial charge is 0.249 e. The number of primary amides is 1. The summed E-state index contributed by atoms with van der Waals surface area (Å²) in [7, 11) is -3.60. The highest BCUT2D eigenvalue weighted by Crippen LogP contribution is 2.42. The van der Waals surface area contributed by atoms with E-state index < -0.39 is 15.9 Å². The Hall–Kier alpha value is -1.44. The zero-order valence-electron chi connectivity index (χ0n) is 11.1. The van der Waals surface area contributed by atoms with Gasteiger partial charge in [-0.1, -0.05) is 6.07 Å². The Morgan fingerprint density at radius 1 is 1.35 bits per heavy atom. The molecule has 0 radical (unpaired) electrons. The summed E-state index contributed by atoms with van der Waals surface area (Å²) in [5.74, 6) is 0.170. The van der Waals surface area contributed by atoms with Gasteiger partial charge >= 0.3 is 0 Å². The number of nitrogens with one attached hydrogen (secondary N) is 2. The highest BCUT2D eigenvalue weighted by Gasteiger charge is 2.54. The van der Waals surface area contributed by atoms with Crippen LogP contribution < -0.4 is 15.8 Å². The normalized spacial score (nSPS) is 28.1. The number of amides is 1. The molecule has 1 aromatic carbocycles. The highest BCUT2D eigenvalue weighted by molar-refractivity contribution is 7.89. The minimum Gasteiger partial charge on any atom is -0.366 e. The third-order valence-corrected chi connectivity index (χ3v) is 5.62. The van der Waals surface area contributed by atoms with Crippen LogP contribution in [-0.2, 0) is 10.0 Å². The molecule has 2 aliphatic rings. The standard InChI is InChI=1S/C13H17N3O3S/c1-7-2-3-8(4-9(7)13(14)17)20(18,19)16-12-10-5-15-6-11(10)12/h2-4,10-12,15-16H,5-6H2,1H3,(H2,14,17). The maximum Gasteiger partial charge on any atom is 0.249 e. The first-order valence-electron chi connectivity index (χ1n) is 6.53. The van der Waals surface area contributed by atoms with Crippen LogP contribution in [0.25, 0.3) is 0 Å². The summed E-state index contributed by atoms with van der Waals surface area (Å²) in [5, 5.41) is 3.21. The first-order valence-corrected chi connectivity index (χ1v) is 8.02. The molecule has 1 saturated carbocycles. The van der Waals surface area contributed by atoms with E-state index in [2.05, 4.69) is 10.0 Å². The van der Waals surface area contributed by atoms with Crippen molar-refractivity contribution in [2.45, 2.75) is 17.9 Å². The van der Waals surface area contributed by atoms with E-state index in [0.717, 1.165) is 13.1 Å². The maximum atomic E-state index is 12.3. The molecule has 7 heteroatoms. The quantitative estimate of drug-likeness (QED) is 0.703. The SMILES string of the molecule is Cc1ccc(S(=O)(=O)NC2C3CNCC32)cc1C(N)=O. The van der Waals surface area contributed by atoms with E-state index in [1.54, 1.807) is 13.0 Å². The fourth-order valence-corrected chi connectivity index (χ4v) is 4.24. The molecule has 1 saturated heterocycles. The van der Waals surface area contributed by atoms with Crippen LogP contribution >= 0.6 is 0 Å². The molecule has 2 unspecified atom stereocenters. The summed E-state index contributed by atoms with van der Waals surface area (Å²) in [5.41, 5.74) is 6.16. The average molecular weight is 295 g/mol. The first kappa shape index (κ1) is 13.5. The van der Waals surface area contributed by atoms with Crippen molar-refractivity contribution in [2.75, 3.05) is 13.1 Å². The predicted molar refractivity (Wildman–Crippen MR) is 73.7 cm³/mol. The lowest BCUT2D eigenvalue weighted by Gasteiger charge is -2.10. The minimum absolute atomic E-state index is 0.0135. The molecule has 4 N–H and O–H groups in total. The molecular formula is C13H17N3O3S. The number of fused-ring (bicyclic) bond motifs is 1. The zero-order chi connectivity index (χ0) is 14.5. The van der Waals surface area contributed by atoms with E-state index in [1.165, 1.54) is 12.1 Å². The topological polar surface area (TPSA) is 101 Å². The summed E-state index contributed by atoms with van der Waals surface area (Å²) >= 11 is 0. The maximum absolute atomic E-state index is 12.3. The fourth-order valence-electron chi connectivity index (χ4n) is 2.87. The monoisotopic (exact) mass is 295 g/mol. The Bertz CT molecular complexity index is 661. The number of rotatable bonds is 4. The number of carbonyl (C=O) groups is 1. The molecule has 1 aromatic rings. The van der Waals surface area contributed by atoms with Gasteiger partial charge in [-0.2, -0.15) is 0 Å². The molecule has 1 aliphatic carbocycles. The van der Waals surface area contributed by atoms with Gasteiger partial charge in [0, 0.05) is 11.6 Å². The van der Waals surface area contributed by atoms with Crippen molar-refractivity contribution in [3.63, 3.8) is 0 Å². The van der Waals surface area contributed by atoms with E-state index in [9.17, 15) is 13.2 Å². The lowest BCUT2D eigenvalue weighted by molar-refractivity contribution is 0.0999. The summed E-state index contributed by atoms with van der Waals surface area (Å²) in [6, 6.07) is 4.46. The molecule has 1 heterocycles. The molecule has 108 valence electrons. The van der Waals surface area contributed by atoms with Crippen molar-refractivity contribution in [1.29, 1.82) is 0 Å². The van der Waals surface area contributed by atoms with Crippen LogP contribution in [0.15, 0.2) is 23.1 Å². The number of piperidine rings is 1. The summed E-state index contributed by atoms with van der Waals surface area (Å²) < 4.78 is 27.3. The van der Waals surface area contributed by atoms with Crippen LogP contribution in [0.2, 0.25) is 0 Å². The van der Waals surface area contributed by atoms with Crippen molar-refractivity contribution in [3.05, 3.63) is 29.3 Å². The molecular weight excluding hydrogens is 278 g/mol. The van der Waals surface area contributed by atoms with Crippen molar-refractivity contribution in [1.82, 2.24) is 10.0 Å². The largest absolute Gasteiger partial charge is 0.366 e. The van der Waals surface area contributed by atoms with Gasteiger partial charge in [0.05, 0.1) is 4.90 Å². The molecule has 3 rings (SSSR count). The summed E-state index contributed by atoms with van der Waals surface area (Å²) in [4.78, 5) is 11.4. The molecule has 2 atom stereocenters. The number of carbonyl (C=O) groups excluding carboxylic acids is 1. The van der Waals surface area contributed by atoms with E-state index in [4.69, 9.17) is 5.73 Å². The van der Waals surface area contributed by atoms with Crippen LogP contribution in [0.4, 0.5) is 0 Å². The molecule has 1 amide bonds. The summed E-state index contributed by atoms with van der Waals surface area (Å²) in [6.07, 6.45) is 0. The van der Waals surface area contributed by atoms with Gasteiger partial charge in [-0.05, 0) is 49.5 Å². The first-order chi connectivity index (χ1) is 9.40. The van der Waals surface area contributed by atoms with Gasteiger partial charge in [0.1, 0.15) is 0 Å². The van der Waals surface area contributed by atoms with Gasteiger partial charge in [0.2, 0.25) is 15.9 Å². The Balaban J connectivity index is 1.84. The Morgan fingerprint density at radius 3 is 2.60 bits per heavy atom. The predicted octanol–water partition coefficient (Wildman–Crippen LogP) is -0.410. The van der Waals surface area contributed by atoms with Gasteiger partial charge in [-0.3, -0.25) is 4.79 Å². The Kier molecular flexibility index (Phi) is 3.07. The number of hydrogen-bond acceptors (Lipinski definition) is 4. The number of hydrogen-bond donors (Lipinski definition) is 3. The number of sulfonamides is 1. The van der Waals surface area contributed by atoms with Crippen molar-refractivity contribution < 1.29 is 13.2 Å². The van der Waals surface area contributed by atoms with Gasteiger partial charge in [0.25, 0.3) is 0 Å². The van der Waals surface area contributed by atoms with Crippen LogP contribution in [0.5, 0.6) is 0 Å². The molecule has 6 nitrogen and oxygen atoms in total. The second kappa shape index (κ2) is 4.54. The number of benzene rings is 1. The lowest BCUT2D eigenvalue weighted by atomic mass is 10.1. The Morgan fingerprint density at radius 2 is 2.00 bits per heavy atom. The highest BCUT2D eigenvalue weighted by atomic mass is 32.2. The van der Waals surface area contributed by atoms with Gasteiger partial charge < -0.3 is 11.1 Å². The van der Waals surface area contributed by atoms with Crippen LogP contribution in [0.1, 0.15) is 15.9 Å². The van der Waals surface area contributed by atoms with E-state index in [1.807, 2.05) is 0 Å². The van der Waals surface area contributed by atoms with E-state index in [-0.39, 0.29) is 16.5 Å². The van der Waals surface area contributed by atoms with Crippen molar-refractivity contribution in [2.24, 2.45) is 17.6 Å². The molecule has 1 aliphatic heterocycles. The van der Waals surface area contributed by atoms with E-state index >= 15 is 0 Å². The average Bonchev–Trinajstić information content (AvgIpc) is 2.83. The zero-order valence-corrected chi connectivity index (χ0v) is 11.9. The molecule has 2 fully saturated rings. The molecule has 0 bridgehead atoms. The molecule has 0 spiro atoms. The second-order valence-corrected chi connectivity index (χ2v) is 7.19. The third kappa shape index (κ3) is 2.21. The third-order valence-electron chi connectivity index (χ3n) is 4.17. The van der Waals surface area contributed by atoms with Gasteiger partial charge in [-0.15, -0.1) is 0 Å². The lowest BCUT2D eigenvalue weighted by Crippen LogP contribution is -2.32. The van der Waals surface area contributed by atoms with Gasteiger partial charge in [0.15, 0.2) is 0 Å². The van der Waals surface area contributed by atoms with E-state index in [0.29, 0.717) is 17.4 Å². The van der Waals surface area contributed by atoms with Crippen molar-refractivity contribution in [3.8, 4) is 0 Å². The fraction of sp³-hybridized carbons (Fsp3) is 0.462. The summed E-state index contributed by atoms with van der Waals surface area (Å²) in [6.45, 7) is 3.44. The second-order valence-electron chi connectivity index (χ2n) is 5.47. The minimum atomic E-state index is -3.60. The number of aryl methyl sites for hydroxylation is 1.